The van der Waals surface area contributed by atoms with Gasteiger partial charge in [0.2, 0.25) is 5.95 Å². The molecule has 0 aliphatic carbocycles. The molecule has 0 aliphatic rings. The molecule has 0 radical (unpaired) electrons. The van der Waals surface area contributed by atoms with Crippen molar-refractivity contribution in [3.05, 3.63) is 46.8 Å². The van der Waals surface area contributed by atoms with Gasteiger partial charge in [-0.05, 0) is 25.5 Å². The second-order valence-electron chi connectivity index (χ2n) is 4.69. The molecule has 2 aromatic heterocycles. The van der Waals surface area contributed by atoms with Crippen LogP contribution in [0.5, 0.6) is 0 Å². The largest absolute Gasteiger partial charge is 0.462 e. The van der Waals surface area contributed by atoms with Crippen molar-refractivity contribution in [1.82, 2.24) is 14.8 Å². The van der Waals surface area contributed by atoms with E-state index in [2.05, 4.69) is 14.8 Å². The first-order valence-electron chi connectivity index (χ1n) is 6.66. The van der Waals surface area contributed by atoms with Crippen LogP contribution in [-0.4, -0.2) is 27.3 Å². The van der Waals surface area contributed by atoms with Gasteiger partial charge < -0.3 is 4.74 Å². The molecule has 0 amide bonds. The highest BCUT2D eigenvalue weighted by molar-refractivity contribution is 5.90. The van der Waals surface area contributed by atoms with Gasteiger partial charge >= 0.3 is 12.1 Å². The molecule has 0 fully saturated rings. The fourth-order valence-corrected chi connectivity index (χ4v) is 1.97. The van der Waals surface area contributed by atoms with E-state index in [4.69, 9.17) is 0 Å². The van der Waals surface area contributed by atoms with Gasteiger partial charge in [0, 0.05) is 11.9 Å². The maximum atomic E-state index is 13.0. The van der Waals surface area contributed by atoms with Crippen molar-refractivity contribution < 1.29 is 27.1 Å². The molecule has 0 unspecified atom stereocenters. The molecule has 0 bridgehead atoms. The van der Waals surface area contributed by atoms with Crippen LogP contribution in [0.2, 0.25) is 0 Å². The molecule has 0 aromatic carbocycles. The Balaban J connectivity index is 2.38. The number of pyridine rings is 1. The molecule has 23 heavy (non-hydrogen) atoms. The fourth-order valence-electron chi connectivity index (χ4n) is 1.97. The van der Waals surface area contributed by atoms with Crippen LogP contribution in [-0.2, 0) is 17.5 Å². The van der Waals surface area contributed by atoms with Crippen LogP contribution in [0.3, 0.4) is 0 Å². The summed E-state index contributed by atoms with van der Waals surface area (Å²) >= 11 is 0. The second-order valence-corrected chi connectivity index (χ2v) is 4.69. The highest BCUT2D eigenvalue weighted by Crippen LogP contribution is 2.31. The van der Waals surface area contributed by atoms with Crippen molar-refractivity contribution in [2.75, 3.05) is 6.61 Å². The molecule has 0 atom stereocenters. The molecule has 2 aromatic rings. The van der Waals surface area contributed by atoms with E-state index >= 15 is 0 Å². The van der Waals surface area contributed by atoms with Crippen LogP contribution in [0.1, 0.15) is 34.2 Å². The smallest absolute Gasteiger partial charge is 0.436 e. The van der Waals surface area contributed by atoms with Crippen LogP contribution < -0.4 is 0 Å². The molecular formula is C14H13F4N3O2. The van der Waals surface area contributed by atoms with Crippen LogP contribution in [0, 0.1) is 12.9 Å². The highest BCUT2D eigenvalue weighted by Gasteiger charge is 2.39. The van der Waals surface area contributed by atoms with Gasteiger partial charge in [-0.1, -0.05) is 6.07 Å². The average Bonchev–Trinajstić information content (AvgIpc) is 2.86. The van der Waals surface area contributed by atoms with E-state index in [9.17, 15) is 22.4 Å². The zero-order valence-corrected chi connectivity index (χ0v) is 12.3. The number of hydrogen-bond donors (Lipinski definition) is 0. The molecule has 9 heteroatoms. The Labute approximate surface area is 128 Å². The SMILES string of the molecule is CCOC(=O)c1cn(Cc2ccc(F)nc2C)nc1C(F)(F)F. The number of halogens is 4. The summed E-state index contributed by atoms with van der Waals surface area (Å²) in [6, 6.07) is 2.50. The number of nitrogens with zero attached hydrogens (tertiary/aromatic N) is 3. The Hall–Kier alpha value is -2.45. The van der Waals surface area contributed by atoms with Crippen LogP contribution >= 0.6 is 0 Å². The first-order valence-corrected chi connectivity index (χ1v) is 6.66. The molecular weight excluding hydrogens is 318 g/mol. The van der Waals surface area contributed by atoms with Crippen molar-refractivity contribution in [1.29, 1.82) is 0 Å². The normalized spacial score (nSPS) is 11.6. The summed E-state index contributed by atoms with van der Waals surface area (Å²) in [4.78, 5) is 15.2. The van der Waals surface area contributed by atoms with Crippen LogP contribution in [0.15, 0.2) is 18.3 Å². The van der Waals surface area contributed by atoms with Crippen LogP contribution in [0.25, 0.3) is 0 Å². The van der Waals surface area contributed by atoms with Gasteiger partial charge in [-0.15, -0.1) is 0 Å². The zero-order valence-electron chi connectivity index (χ0n) is 12.3. The van der Waals surface area contributed by atoms with Crippen molar-refractivity contribution in [2.24, 2.45) is 0 Å². The van der Waals surface area contributed by atoms with Crippen molar-refractivity contribution in [2.45, 2.75) is 26.6 Å². The number of rotatable bonds is 4. The van der Waals surface area contributed by atoms with Gasteiger partial charge in [0.15, 0.2) is 5.69 Å². The summed E-state index contributed by atoms with van der Waals surface area (Å²) < 4.78 is 57.5. The van der Waals surface area contributed by atoms with Gasteiger partial charge in [-0.25, -0.2) is 9.78 Å². The summed E-state index contributed by atoms with van der Waals surface area (Å²) in [7, 11) is 0. The predicted molar refractivity (Wildman–Crippen MR) is 71.2 cm³/mol. The Morgan fingerprint density at radius 2 is 2.04 bits per heavy atom. The number of esters is 1. The Morgan fingerprint density at radius 3 is 2.61 bits per heavy atom. The second kappa shape index (κ2) is 6.35. The van der Waals surface area contributed by atoms with E-state index in [0.29, 0.717) is 11.3 Å². The van der Waals surface area contributed by atoms with E-state index in [1.165, 1.54) is 19.9 Å². The molecule has 0 aliphatic heterocycles. The Kier molecular flexibility index (Phi) is 4.67. The molecule has 2 rings (SSSR count). The molecule has 124 valence electrons. The summed E-state index contributed by atoms with van der Waals surface area (Å²) in [6.45, 7) is 2.88. The third-order valence-corrected chi connectivity index (χ3v) is 3.02. The van der Waals surface area contributed by atoms with Gasteiger partial charge in [0.25, 0.3) is 0 Å². The molecule has 2 heterocycles. The summed E-state index contributed by atoms with van der Waals surface area (Å²) in [5.74, 6) is -1.78. The maximum absolute atomic E-state index is 13.0. The number of hydrogen-bond acceptors (Lipinski definition) is 4. The molecule has 0 saturated carbocycles. The van der Waals surface area contributed by atoms with E-state index in [0.717, 1.165) is 16.9 Å². The number of aromatic nitrogens is 3. The first-order chi connectivity index (χ1) is 10.7. The fraction of sp³-hybridized carbons (Fsp3) is 0.357. The minimum absolute atomic E-state index is 0.0533. The number of carbonyl (C=O) groups excluding carboxylic acids is 1. The molecule has 0 saturated heterocycles. The van der Waals surface area contributed by atoms with Crippen molar-refractivity contribution in [3.8, 4) is 0 Å². The standard InChI is InChI=1S/C14H13F4N3O2/c1-3-23-13(22)10-7-21(20-12(10)14(16,17)18)6-9-4-5-11(15)19-8(9)2/h4-5,7H,3,6H2,1-2H3. The number of ether oxygens (including phenoxy) is 1. The van der Waals surface area contributed by atoms with Gasteiger partial charge in [-0.2, -0.15) is 22.7 Å². The van der Waals surface area contributed by atoms with Crippen molar-refractivity contribution in [3.63, 3.8) is 0 Å². The number of carbonyl (C=O) groups is 1. The van der Waals surface area contributed by atoms with Crippen molar-refractivity contribution >= 4 is 5.97 Å². The Morgan fingerprint density at radius 1 is 1.35 bits per heavy atom. The van der Waals surface area contributed by atoms with E-state index in [1.54, 1.807) is 0 Å². The van der Waals surface area contributed by atoms with Gasteiger partial charge in [0.1, 0.15) is 5.56 Å². The lowest BCUT2D eigenvalue weighted by molar-refractivity contribution is -0.142. The predicted octanol–water partition coefficient (Wildman–Crippen LogP) is 2.97. The lowest BCUT2D eigenvalue weighted by Gasteiger charge is -2.06. The van der Waals surface area contributed by atoms with E-state index in [-0.39, 0.29) is 13.2 Å². The lowest BCUT2D eigenvalue weighted by atomic mass is 10.2. The van der Waals surface area contributed by atoms with E-state index < -0.39 is 29.4 Å². The zero-order chi connectivity index (χ0) is 17.2. The minimum atomic E-state index is -4.79. The maximum Gasteiger partial charge on any atom is 0.436 e. The minimum Gasteiger partial charge on any atom is -0.462 e. The molecule has 0 spiro atoms. The number of alkyl halides is 3. The average molecular weight is 331 g/mol. The van der Waals surface area contributed by atoms with E-state index in [1.807, 2.05) is 0 Å². The molecule has 5 nitrogen and oxygen atoms in total. The quantitative estimate of drug-likeness (QED) is 0.491. The Bertz CT molecular complexity index is 725. The van der Waals surface area contributed by atoms with Gasteiger partial charge in [0.05, 0.1) is 13.2 Å². The highest BCUT2D eigenvalue weighted by atomic mass is 19.4. The monoisotopic (exact) mass is 331 g/mol. The molecule has 0 N–H and O–H groups in total. The van der Waals surface area contributed by atoms with Crippen LogP contribution in [0.4, 0.5) is 17.6 Å². The lowest BCUT2D eigenvalue weighted by Crippen LogP contribution is -2.14. The topological polar surface area (TPSA) is 57.0 Å². The summed E-state index contributed by atoms with van der Waals surface area (Å²) in [5.41, 5.74) is -1.17. The first kappa shape index (κ1) is 16.9. The third kappa shape index (κ3) is 3.85. The third-order valence-electron chi connectivity index (χ3n) is 3.02. The van der Waals surface area contributed by atoms with Gasteiger partial charge in [-0.3, -0.25) is 4.68 Å². The number of aryl methyl sites for hydroxylation is 1. The summed E-state index contributed by atoms with van der Waals surface area (Å²) in [5, 5.41) is 3.41. The summed E-state index contributed by atoms with van der Waals surface area (Å²) in [6.07, 6.45) is -3.83.